The average molecular weight is 573 g/mol. The fraction of sp³-hybridized carbons (Fsp3) is 0.600. The third kappa shape index (κ3) is 20.8. The molecular formula is C35H56O6. The Balaban J connectivity index is 0.000000669. The van der Waals surface area contributed by atoms with Gasteiger partial charge in [-0.05, 0) is 80.3 Å². The van der Waals surface area contributed by atoms with E-state index in [1.165, 1.54) is 70.3 Å². The minimum absolute atomic E-state index is 0.236. The fourth-order valence-corrected chi connectivity index (χ4v) is 3.88. The number of carbonyl (C=O) groups is 2. The number of hydrogen-bond acceptors (Lipinski definition) is 6. The Labute approximate surface area is 249 Å². The number of aliphatic hydroxyl groups excluding tert-OH is 1. The molecule has 2 aromatic carbocycles. The summed E-state index contributed by atoms with van der Waals surface area (Å²) in [6, 6.07) is 15.0. The zero-order valence-corrected chi connectivity index (χ0v) is 26.4. The van der Waals surface area contributed by atoms with Crippen molar-refractivity contribution in [2.24, 2.45) is 0 Å². The molecule has 1 N–H and O–H groups in total. The molecule has 0 aliphatic carbocycles. The van der Waals surface area contributed by atoms with Crippen LogP contribution in [0.4, 0.5) is 0 Å². The van der Waals surface area contributed by atoms with Gasteiger partial charge in [0.15, 0.2) is 0 Å². The van der Waals surface area contributed by atoms with E-state index < -0.39 is 0 Å². The number of benzene rings is 2. The predicted molar refractivity (Wildman–Crippen MR) is 169 cm³/mol. The molecule has 0 aliphatic rings. The minimum Gasteiger partial charge on any atom is -0.465 e. The van der Waals surface area contributed by atoms with Gasteiger partial charge < -0.3 is 19.3 Å². The molecular weight excluding hydrogens is 516 g/mol. The van der Waals surface area contributed by atoms with E-state index in [1.54, 1.807) is 12.1 Å². The summed E-state index contributed by atoms with van der Waals surface area (Å²) in [7, 11) is 2.77. The molecule has 6 heteroatoms. The molecule has 41 heavy (non-hydrogen) atoms. The van der Waals surface area contributed by atoms with E-state index in [4.69, 9.17) is 9.84 Å². The number of rotatable bonds is 18. The summed E-state index contributed by atoms with van der Waals surface area (Å²) in [6.45, 7) is 8.64. The molecule has 0 fully saturated rings. The number of esters is 2. The van der Waals surface area contributed by atoms with Gasteiger partial charge in [-0.3, -0.25) is 0 Å². The van der Waals surface area contributed by atoms with Crippen LogP contribution < -0.4 is 0 Å². The van der Waals surface area contributed by atoms with Crippen LogP contribution in [0.2, 0.25) is 0 Å². The molecule has 0 unspecified atom stereocenters. The summed E-state index contributed by atoms with van der Waals surface area (Å²) in [5.41, 5.74) is 3.61. The summed E-state index contributed by atoms with van der Waals surface area (Å²) in [5, 5.41) is 8.63. The maximum atomic E-state index is 11.3. The standard InChI is InChI=1S/C17H26O3.C12H16O3.C6H14/c1-3-4-6-13-20-14-7-5-8-15-9-11-16(12-10-15)17(18)19-2;1-15-12(14)11-7-5-10(6-8-11)4-2-3-9-13;1-3-5-6-4-2/h9-12H,3-8,13-14H2,1-2H3;5-8,13H,2-4,9H2,1H3;3-6H2,1-2H3. The predicted octanol–water partition coefficient (Wildman–Crippen LogP) is 8.38. The first-order chi connectivity index (χ1) is 20.0. The summed E-state index contributed by atoms with van der Waals surface area (Å²) in [6.07, 6.45) is 15.2. The van der Waals surface area contributed by atoms with Crippen molar-refractivity contribution in [3.8, 4) is 0 Å². The highest BCUT2D eigenvalue weighted by atomic mass is 16.5. The molecule has 0 atom stereocenters. The van der Waals surface area contributed by atoms with Crippen molar-refractivity contribution < 1.29 is 28.9 Å². The zero-order valence-electron chi connectivity index (χ0n) is 26.4. The topological polar surface area (TPSA) is 82.1 Å². The number of carbonyl (C=O) groups excluding carboxylic acids is 2. The van der Waals surface area contributed by atoms with Gasteiger partial charge in [-0.15, -0.1) is 0 Å². The molecule has 0 radical (unpaired) electrons. The number of methoxy groups -OCH3 is 2. The Bertz CT molecular complexity index is 873. The van der Waals surface area contributed by atoms with Crippen molar-refractivity contribution in [3.63, 3.8) is 0 Å². The summed E-state index contributed by atoms with van der Waals surface area (Å²) in [4.78, 5) is 22.4. The van der Waals surface area contributed by atoms with Crippen molar-refractivity contribution in [1.29, 1.82) is 0 Å². The molecule has 0 saturated heterocycles. The van der Waals surface area contributed by atoms with Crippen LogP contribution in [0.3, 0.4) is 0 Å². The van der Waals surface area contributed by atoms with Gasteiger partial charge in [0.1, 0.15) is 0 Å². The van der Waals surface area contributed by atoms with Gasteiger partial charge in [0.2, 0.25) is 0 Å². The van der Waals surface area contributed by atoms with Gasteiger partial charge in [0.05, 0.1) is 25.3 Å². The van der Waals surface area contributed by atoms with Crippen LogP contribution in [0.15, 0.2) is 48.5 Å². The smallest absolute Gasteiger partial charge is 0.337 e. The third-order valence-corrected chi connectivity index (χ3v) is 6.48. The molecule has 0 amide bonds. The van der Waals surface area contributed by atoms with E-state index in [0.29, 0.717) is 11.1 Å². The van der Waals surface area contributed by atoms with E-state index in [2.05, 4.69) is 30.2 Å². The van der Waals surface area contributed by atoms with Gasteiger partial charge in [0.25, 0.3) is 0 Å². The fourth-order valence-electron chi connectivity index (χ4n) is 3.88. The maximum Gasteiger partial charge on any atom is 0.337 e. The minimum atomic E-state index is -0.308. The van der Waals surface area contributed by atoms with Crippen molar-refractivity contribution in [1.82, 2.24) is 0 Å². The quantitative estimate of drug-likeness (QED) is 0.143. The van der Waals surface area contributed by atoms with E-state index >= 15 is 0 Å². The van der Waals surface area contributed by atoms with Gasteiger partial charge in [-0.25, -0.2) is 9.59 Å². The number of aryl methyl sites for hydroxylation is 2. The molecule has 0 spiro atoms. The molecule has 232 valence electrons. The number of unbranched alkanes of at least 4 members (excludes halogenated alkanes) is 7. The molecule has 2 aromatic rings. The third-order valence-electron chi connectivity index (χ3n) is 6.48. The lowest BCUT2D eigenvalue weighted by Gasteiger charge is -2.05. The van der Waals surface area contributed by atoms with Crippen LogP contribution in [-0.2, 0) is 27.1 Å². The lowest BCUT2D eigenvalue weighted by atomic mass is 10.1. The molecule has 0 saturated carbocycles. The highest BCUT2D eigenvalue weighted by Crippen LogP contribution is 2.10. The first-order valence-corrected chi connectivity index (χ1v) is 15.5. The van der Waals surface area contributed by atoms with E-state index in [-0.39, 0.29) is 18.5 Å². The summed E-state index contributed by atoms with van der Waals surface area (Å²) < 4.78 is 14.9. The van der Waals surface area contributed by atoms with Gasteiger partial charge >= 0.3 is 11.9 Å². The van der Waals surface area contributed by atoms with E-state index in [1.807, 2.05) is 36.4 Å². The second-order valence-corrected chi connectivity index (χ2v) is 10.0. The lowest BCUT2D eigenvalue weighted by Crippen LogP contribution is -2.01. The molecule has 0 aliphatic heterocycles. The van der Waals surface area contributed by atoms with Crippen molar-refractivity contribution in [2.45, 2.75) is 104 Å². The Morgan fingerprint density at radius 2 is 0.927 bits per heavy atom. The van der Waals surface area contributed by atoms with Crippen molar-refractivity contribution in [2.75, 3.05) is 34.0 Å². The van der Waals surface area contributed by atoms with Crippen LogP contribution in [0.5, 0.6) is 0 Å². The molecule has 0 heterocycles. The van der Waals surface area contributed by atoms with Crippen LogP contribution in [-0.4, -0.2) is 51.1 Å². The summed E-state index contributed by atoms with van der Waals surface area (Å²) in [5.74, 6) is -0.589. The second kappa shape index (κ2) is 27.5. The number of aliphatic hydroxyl groups is 1. The number of ether oxygens (including phenoxy) is 3. The molecule has 0 aromatic heterocycles. The largest absolute Gasteiger partial charge is 0.465 e. The maximum absolute atomic E-state index is 11.3. The highest BCUT2D eigenvalue weighted by Gasteiger charge is 2.05. The van der Waals surface area contributed by atoms with Crippen LogP contribution in [0.25, 0.3) is 0 Å². The number of hydrogen-bond donors (Lipinski definition) is 1. The van der Waals surface area contributed by atoms with Gasteiger partial charge in [-0.2, -0.15) is 0 Å². The SMILES string of the molecule is CCCCCC.CCCCCOCCCCc1ccc(C(=O)OC)cc1.COC(=O)c1ccc(CCCCO)cc1. The average Bonchev–Trinajstić information content (AvgIpc) is 3.02. The lowest BCUT2D eigenvalue weighted by molar-refractivity contribution is 0.0592. The zero-order chi connectivity index (χ0) is 30.6. The van der Waals surface area contributed by atoms with E-state index in [9.17, 15) is 9.59 Å². The van der Waals surface area contributed by atoms with Gasteiger partial charge in [-0.1, -0.05) is 83.6 Å². The monoisotopic (exact) mass is 572 g/mol. The summed E-state index contributed by atoms with van der Waals surface area (Å²) >= 11 is 0. The van der Waals surface area contributed by atoms with Crippen LogP contribution in [0, 0.1) is 0 Å². The van der Waals surface area contributed by atoms with Gasteiger partial charge in [0, 0.05) is 19.8 Å². The molecule has 6 nitrogen and oxygen atoms in total. The van der Waals surface area contributed by atoms with Crippen molar-refractivity contribution in [3.05, 3.63) is 70.8 Å². The first kappa shape index (κ1) is 38.3. The second-order valence-electron chi connectivity index (χ2n) is 10.0. The van der Waals surface area contributed by atoms with Crippen LogP contribution in [0.1, 0.15) is 123 Å². The Hall–Kier alpha value is -2.70. The van der Waals surface area contributed by atoms with Crippen molar-refractivity contribution >= 4 is 11.9 Å². The highest BCUT2D eigenvalue weighted by molar-refractivity contribution is 5.89. The molecule has 0 bridgehead atoms. The Morgan fingerprint density at radius 3 is 1.29 bits per heavy atom. The van der Waals surface area contributed by atoms with Crippen LogP contribution >= 0.6 is 0 Å². The Morgan fingerprint density at radius 1 is 0.561 bits per heavy atom. The first-order valence-electron chi connectivity index (χ1n) is 15.5. The van der Waals surface area contributed by atoms with E-state index in [0.717, 1.165) is 51.7 Å². The normalized spacial score (nSPS) is 10.1. The Kier molecular flexibility index (Phi) is 25.7. The molecule has 2 rings (SSSR count).